The van der Waals surface area contributed by atoms with Crippen LogP contribution in [-0.2, 0) is 16.0 Å². The van der Waals surface area contributed by atoms with Gasteiger partial charge in [0.2, 0.25) is 5.91 Å². The van der Waals surface area contributed by atoms with Crippen LogP contribution in [0.5, 0.6) is 0 Å². The number of rotatable bonds is 4. The van der Waals surface area contributed by atoms with Crippen molar-refractivity contribution >= 4 is 5.91 Å². The Hall–Kier alpha value is -3.68. The van der Waals surface area contributed by atoms with Crippen LogP contribution < -0.4 is 0 Å². The van der Waals surface area contributed by atoms with Gasteiger partial charge in [-0.15, -0.1) is 5.10 Å². The summed E-state index contributed by atoms with van der Waals surface area (Å²) in [5.74, 6) is -0.417. The fourth-order valence-corrected chi connectivity index (χ4v) is 4.71. The molecule has 10 heteroatoms. The summed E-state index contributed by atoms with van der Waals surface area (Å²) in [4.78, 5) is 17.2. The highest BCUT2D eigenvalue weighted by Crippen LogP contribution is 2.31. The van der Waals surface area contributed by atoms with Gasteiger partial charge in [-0.1, -0.05) is 18.2 Å². The fourth-order valence-electron chi connectivity index (χ4n) is 4.71. The van der Waals surface area contributed by atoms with E-state index in [1.165, 1.54) is 12.4 Å². The number of fused-ring (bicyclic) bond motifs is 1. The van der Waals surface area contributed by atoms with Crippen molar-refractivity contribution in [3.8, 4) is 11.8 Å². The zero-order chi connectivity index (χ0) is 23.7. The topological polar surface area (TPSA) is 100 Å². The summed E-state index contributed by atoms with van der Waals surface area (Å²) in [5, 5.41) is 20.4. The van der Waals surface area contributed by atoms with E-state index in [0.29, 0.717) is 38.2 Å². The van der Waals surface area contributed by atoms with E-state index in [9.17, 15) is 14.4 Å². The number of nitriles is 1. The lowest BCUT2D eigenvalue weighted by molar-refractivity contribution is -0.139. The molecule has 34 heavy (non-hydrogen) atoms. The van der Waals surface area contributed by atoms with E-state index in [-0.39, 0.29) is 23.6 Å². The maximum absolute atomic E-state index is 13.9. The summed E-state index contributed by atoms with van der Waals surface area (Å²) in [5.41, 5.74) is 3.32. The molecule has 1 aromatic heterocycles. The van der Waals surface area contributed by atoms with Crippen LogP contribution >= 0.6 is 0 Å². The van der Waals surface area contributed by atoms with E-state index in [1.54, 1.807) is 17.7 Å². The Morgan fingerprint density at radius 1 is 1.21 bits per heavy atom. The van der Waals surface area contributed by atoms with Crippen molar-refractivity contribution in [1.29, 1.82) is 5.26 Å². The van der Waals surface area contributed by atoms with Gasteiger partial charge < -0.3 is 9.64 Å². The quantitative estimate of drug-likeness (QED) is 0.584. The minimum atomic E-state index is -0.505. The molecule has 2 aliphatic rings. The lowest BCUT2D eigenvalue weighted by Crippen LogP contribution is -2.59. The molecule has 0 N–H and O–H groups in total. The van der Waals surface area contributed by atoms with Gasteiger partial charge in [0.15, 0.2) is 0 Å². The second kappa shape index (κ2) is 9.29. The van der Waals surface area contributed by atoms with Gasteiger partial charge in [0.05, 0.1) is 36.4 Å². The first kappa shape index (κ1) is 22.1. The molecule has 0 spiro atoms. The predicted octanol–water partition coefficient (Wildman–Crippen LogP) is 1.81. The summed E-state index contributed by atoms with van der Waals surface area (Å²) in [6.07, 6.45) is 1.64. The number of halogens is 1. The Labute approximate surface area is 196 Å². The minimum absolute atomic E-state index is 0.0737. The number of carbonyl (C=O) groups is 1. The third kappa shape index (κ3) is 4.27. The van der Waals surface area contributed by atoms with Crippen molar-refractivity contribution in [2.45, 2.75) is 25.5 Å². The Kier molecular flexibility index (Phi) is 6.04. The molecule has 0 saturated carbocycles. The highest BCUT2D eigenvalue weighted by atomic mass is 19.1. The zero-order valence-corrected chi connectivity index (χ0v) is 18.8. The molecule has 1 amide bonds. The van der Waals surface area contributed by atoms with Gasteiger partial charge in [-0.05, 0) is 52.2 Å². The van der Waals surface area contributed by atoms with Crippen molar-refractivity contribution in [3.05, 3.63) is 70.8 Å². The largest absolute Gasteiger partial charge is 0.370 e. The first-order valence-corrected chi connectivity index (χ1v) is 11.2. The normalized spacial score (nSPS) is 20.6. The molecule has 2 fully saturated rings. The molecule has 2 unspecified atom stereocenters. The molecule has 0 bridgehead atoms. The van der Waals surface area contributed by atoms with Gasteiger partial charge in [0.25, 0.3) is 0 Å². The van der Waals surface area contributed by atoms with Gasteiger partial charge in [-0.25, -0.2) is 9.07 Å². The number of amides is 1. The minimum Gasteiger partial charge on any atom is -0.370 e. The molecular formula is C24H24FN7O2. The smallest absolute Gasteiger partial charge is 0.227 e. The molecule has 174 valence electrons. The monoisotopic (exact) mass is 461 g/mol. The van der Waals surface area contributed by atoms with E-state index in [1.807, 2.05) is 35.2 Å². The molecule has 9 nitrogen and oxygen atoms in total. The number of ether oxygens (including phenoxy) is 1. The fraction of sp³-hybridized carbons (Fsp3) is 0.375. The summed E-state index contributed by atoms with van der Waals surface area (Å²) in [7, 11) is 0. The Bertz CT molecular complexity index is 1220. The van der Waals surface area contributed by atoms with Crippen LogP contribution in [0.1, 0.15) is 28.4 Å². The number of benzene rings is 2. The average Bonchev–Trinajstić information content (AvgIpc) is 3.39. The van der Waals surface area contributed by atoms with Gasteiger partial charge in [-0.2, -0.15) is 5.26 Å². The third-order valence-corrected chi connectivity index (χ3v) is 6.67. The average molecular weight is 462 g/mol. The summed E-state index contributed by atoms with van der Waals surface area (Å²) < 4.78 is 21.6. The van der Waals surface area contributed by atoms with Crippen molar-refractivity contribution in [2.24, 2.45) is 0 Å². The third-order valence-electron chi connectivity index (χ3n) is 6.67. The van der Waals surface area contributed by atoms with E-state index in [2.05, 4.69) is 20.4 Å². The van der Waals surface area contributed by atoms with Crippen LogP contribution in [0.3, 0.4) is 0 Å². The predicted molar refractivity (Wildman–Crippen MR) is 119 cm³/mol. The second-order valence-electron chi connectivity index (χ2n) is 8.66. The van der Waals surface area contributed by atoms with E-state index in [0.717, 1.165) is 23.4 Å². The van der Waals surface area contributed by atoms with Crippen molar-refractivity contribution in [2.75, 3.05) is 32.8 Å². The number of nitrogens with zero attached hydrogens (tertiary/aromatic N) is 7. The molecule has 0 radical (unpaired) electrons. The SMILES string of the molecule is Cc1c(C2CN3CCN(C(=O)Cc4ccc(-n5cnnn5)cc4)CC3CO2)ccc(F)c1C#N. The Morgan fingerprint density at radius 2 is 2.03 bits per heavy atom. The summed E-state index contributed by atoms with van der Waals surface area (Å²) in [6, 6.07) is 12.7. The molecular weight excluding hydrogens is 437 g/mol. The molecule has 2 aliphatic heterocycles. The number of morpholine rings is 1. The van der Waals surface area contributed by atoms with Crippen LogP contribution in [0.4, 0.5) is 4.39 Å². The van der Waals surface area contributed by atoms with Crippen LogP contribution in [-0.4, -0.2) is 74.7 Å². The Balaban J connectivity index is 1.19. The van der Waals surface area contributed by atoms with Crippen LogP contribution in [0.25, 0.3) is 5.69 Å². The maximum Gasteiger partial charge on any atom is 0.227 e. The van der Waals surface area contributed by atoms with Gasteiger partial charge in [0, 0.05) is 26.2 Å². The zero-order valence-electron chi connectivity index (χ0n) is 18.8. The molecule has 3 aromatic rings. The highest BCUT2D eigenvalue weighted by molar-refractivity contribution is 5.79. The number of tetrazole rings is 1. The van der Waals surface area contributed by atoms with Crippen molar-refractivity contribution < 1.29 is 13.9 Å². The molecule has 2 atom stereocenters. The Morgan fingerprint density at radius 3 is 2.76 bits per heavy atom. The maximum atomic E-state index is 13.9. The first-order chi connectivity index (χ1) is 16.5. The molecule has 2 saturated heterocycles. The van der Waals surface area contributed by atoms with Crippen LogP contribution in [0.2, 0.25) is 0 Å². The first-order valence-electron chi connectivity index (χ1n) is 11.2. The van der Waals surface area contributed by atoms with Crippen LogP contribution in [0.15, 0.2) is 42.7 Å². The van der Waals surface area contributed by atoms with E-state index < -0.39 is 5.82 Å². The highest BCUT2D eigenvalue weighted by Gasteiger charge is 2.36. The standard InChI is InChI=1S/C24H24FN7O2/c1-16-20(6-7-22(25)21(16)11-26)23-13-30-8-9-31(12-19(30)14-34-23)24(33)10-17-2-4-18(5-3-17)32-15-27-28-29-32/h2-7,15,19,23H,8-10,12-14H2,1H3. The van der Waals surface area contributed by atoms with Gasteiger partial charge in [0.1, 0.15) is 18.2 Å². The van der Waals surface area contributed by atoms with E-state index >= 15 is 0 Å². The lowest BCUT2D eigenvalue weighted by atomic mass is 9.96. The number of aromatic nitrogens is 4. The van der Waals surface area contributed by atoms with Crippen molar-refractivity contribution in [3.63, 3.8) is 0 Å². The molecule has 0 aliphatic carbocycles. The second-order valence-corrected chi connectivity index (χ2v) is 8.66. The van der Waals surface area contributed by atoms with Gasteiger partial charge >= 0.3 is 0 Å². The number of carbonyl (C=O) groups excluding carboxylic acids is 1. The summed E-state index contributed by atoms with van der Waals surface area (Å²) in [6.45, 7) is 4.91. The number of hydrogen-bond acceptors (Lipinski definition) is 7. The molecule has 2 aromatic carbocycles. The molecule has 3 heterocycles. The van der Waals surface area contributed by atoms with Gasteiger partial charge in [-0.3, -0.25) is 9.69 Å². The number of piperazine rings is 1. The van der Waals surface area contributed by atoms with Crippen molar-refractivity contribution in [1.82, 2.24) is 30.0 Å². The molecule has 5 rings (SSSR count). The summed E-state index contributed by atoms with van der Waals surface area (Å²) >= 11 is 0. The lowest BCUT2D eigenvalue weighted by Gasteiger charge is -2.46. The number of hydrogen-bond donors (Lipinski definition) is 0. The van der Waals surface area contributed by atoms with E-state index in [4.69, 9.17) is 4.74 Å². The van der Waals surface area contributed by atoms with Crippen LogP contribution in [0, 0.1) is 24.1 Å².